The lowest BCUT2D eigenvalue weighted by Gasteiger charge is -2.11. The van der Waals surface area contributed by atoms with Crippen molar-refractivity contribution in [2.24, 2.45) is 0 Å². The first kappa shape index (κ1) is 10.4. The van der Waals surface area contributed by atoms with Gasteiger partial charge in [0.1, 0.15) is 6.10 Å². The number of fused-ring (bicyclic) bond motifs is 1. The standard InChI is InChI=1S/C13H10N2OS/c16-13(12-8-14-15-17-12)11-7-3-5-9-4-1-2-6-10(9)11/h1-8,13,16H. The van der Waals surface area contributed by atoms with Crippen molar-refractivity contribution in [2.75, 3.05) is 0 Å². The Morgan fingerprint density at radius 1 is 1.06 bits per heavy atom. The highest BCUT2D eigenvalue weighted by molar-refractivity contribution is 7.05. The van der Waals surface area contributed by atoms with Crippen molar-refractivity contribution >= 4 is 22.3 Å². The lowest BCUT2D eigenvalue weighted by Crippen LogP contribution is -1.97. The summed E-state index contributed by atoms with van der Waals surface area (Å²) in [6, 6.07) is 14.0. The van der Waals surface area contributed by atoms with Gasteiger partial charge in [-0.1, -0.05) is 47.0 Å². The molecule has 3 rings (SSSR count). The molecule has 1 atom stereocenters. The molecule has 0 fully saturated rings. The maximum atomic E-state index is 10.3. The van der Waals surface area contributed by atoms with Gasteiger partial charge in [0.25, 0.3) is 0 Å². The number of aliphatic hydroxyl groups excluding tert-OH is 1. The zero-order valence-electron chi connectivity index (χ0n) is 8.95. The number of hydrogen-bond acceptors (Lipinski definition) is 4. The Balaban J connectivity index is 2.17. The highest BCUT2D eigenvalue weighted by Gasteiger charge is 2.15. The predicted octanol–water partition coefficient (Wildman–Crippen LogP) is 2.77. The van der Waals surface area contributed by atoms with E-state index in [2.05, 4.69) is 9.59 Å². The van der Waals surface area contributed by atoms with E-state index in [0.717, 1.165) is 21.2 Å². The van der Waals surface area contributed by atoms with E-state index in [9.17, 15) is 5.11 Å². The van der Waals surface area contributed by atoms with Gasteiger partial charge in [0.05, 0.1) is 11.1 Å². The van der Waals surface area contributed by atoms with Crippen molar-refractivity contribution in [1.29, 1.82) is 0 Å². The molecule has 1 N–H and O–H groups in total. The summed E-state index contributed by atoms with van der Waals surface area (Å²) in [6.07, 6.45) is 0.956. The van der Waals surface area contributed by atoms with Crippen LogP contribution < -0.4 is 0 Å². The molecule has 0 bridgehead atoms. The molecule has 3 nitrogen and oxygen atoms in total. The summed E-state index contributed by atoms with van der Waals surface area (Å²) in [7, 11) is 0. The van der Waals surface area contributed by atoms with Crippen molar-refractivity contribution in [3.63, 3.8) is 0 Å². The molecule has 0 amide bonds. The third kappa shape index (κ3) is 1.81. The average molecular weight is 242 g/mol. The average Bonchev–Trinajstić information content (AvgIpc) is 2.91. The SMILES string of the molecule is OC(c1cnns1)c1cccc2ccccc12. The molecule has 3 aromatic rings. The van der Waals surface area contributed by atoms with Gasteiger partial charge in [-0.25, -0.2) is 0 Å². The van der Waals surface area contributed by atoms with Crippen LogP contribution in [0.3, 0.4) is 0 Å². The number of aliphatic hydroxyl groups is 1. The fraction of sp³-hybridized carbons (Fsp3) is 0.0769. The Labute approximate surface area is 103 Å². The molecule has 0 saturated carbocycles. The van der Waals surface area contributed by atoms with E-state index in [0.29, 0.717) is 0 Å². The minimum Gasteiger partial charge on any atom is -0.383 e. The lowest BCUT2D eigenvalue weighted by atomic mass is 10.00. The van der Waals surface area contributed by atoms with Crippen molar-refractivity contribution in [2.45, 2.75) is 6.10 Å². The number of nitrogens with zero attached hydrogens (tertiary/aromatic N) is 2. The minimum absolute atomic E-state index is 0.652. The fourth-order valence-corrected chi connectivity index (χ4v) is 2.45. The third-order valence-corrected chi connectivity index (χ3v) is 3.48. The van der Waals surface area contributed by atoms with Crippen LogP contribution in [0.25, 0.3) is 10.8 Å². The highest BCUT2D eigenvalue weighted by atomic mass is 32.1. The molecule has 0 aliphatic rings. The molecule has 2 aromatic carbocycles. The van der Waals surface area contributed by atoms with Gasteiger partial charge in [-0.2, -0.15) is 0 Å². The molecular weight excluding hydrogens is 232 g/mol. The molecule has 0 spiro atoms. The normalized spacial score (nSPS) is 12.8. The summed E-state index contributed by atoms with van der Waals surface area (Å²) in [5.41, 5.74) is 0.897. The van der Waals surface area contributed by atoms with Crippen molar-refractivity contribution in [3.8, 4) is 0 Å². The lowest BCUT2D eigenvalue weighted by molar-refractivity contribution is 0.225. The molecular formula is C13H10N2OS. The molecule has 1 aromatic heterocycles. The largest absolute Gasteiger partial charge is 0.383 e. The van der Waals surface area contributed by atoms with Crippen LogP contribution in [0, 0.1) is 0 Å². The van der Waals surface area contributed by atoms with E-state index in [4.69, 9.17) is 0 Å². The van der Waals surface area contributed by atoms with Gasteiger partial charge in [0.2, 0.25) is 0 Å². The van der Waals surface area contributed by atoms with E-state index in [1.165, 1.54) is 11.5 Å². The topological polar surface area (TPSA) is 46.0 Å². The Morgan fingerprint density at radius 2 is 1.88 bits per heavy atom. The van der Waals surface area contributed by atoms with Gasteiger partial charge in [-0.05, 0) is 27.9 Å². The molecule has 4 heteroatoms. The van der Waals surface area contributed by atoms with Crippen LogP contribution in [-0.2, 0) is 0 Å². The van der Waals surface area contributed by atoms with E-state index >= 15 is 0 Å². The van der Waals surface area contributed by atoms with Crippen LogP contribution >= 0.6 is 11.5 Å². The first-order chi connectivity index (χ1) is 8.36. The van der Waals surface area contributed by atoms with Crippen LogP contribution in [0.1, 0.15) is 16.5 Å². The highest BCUT2D eigenvalue weighted by Crippen LogP contribution is 2.29. The Kier molecular flexibility index (Phi) is 2.59. The van der Waals surface area contributed by atoms with Crippen molar-refractivity contribution < 1.29 is 5.11 Å². The summed E-state index contributed by atoms with van der Waals surface area (Å²) in [5.74, 6) is 0. The van der Waals surface area contributed by atoms with Crippen LogP contribution in [-0.4, -0.2) is 14.7 Å². The first-order valence-electron chi connectivity index (χ1n) is 5.29. The van der Waals surface area contributed by atoms with Gasteiger partial charge in [-0.15, -0.1) is 5.10 Å². The first-order valence-corrected chi connectivity index (χ1v) is 6.06. The zero-order chi connectivity index (χ0) is 11.7. The molecule has 1 heterocycles. The quantitative estimate of drug-likeness (QED) is 0.751. The second-order valence-corrected chi connectivity index (χ2v) is 4.61. The van der Waals surface area contributed by atoms with Gasteiger partial charge in [0.15, 0.2) is 0 Å². The molecule has 0 saturated heterocycles. The van der Waals surface area contributed by atoms with E-state index in [1.54, 1.807) is 6.20 Å². The number of hydrogen-bond donors (Lipinski definition) is 1. The molecule has 0 radical (unpaired) electrons. The van der Waals surface area contributed by atoms with Gasteiger partial charge < -0.3 is 5.11 Å². The number of rotatable bonds is 2. The van der Waals surface area contributed by atoms with Crippen LogP contribution in [0.2, 0.25) is 0 Å². The summed E-state index contributed by atoms with van der Waals surface area (Å²) in [6.45, 7) is 0. The van der Waals surface area contributed by atoms with Crippen LogP contribution in [0.5, 0.6) is 0 Å². The third-order valence-electron chi connectivity index (χ3n) is 2.77. The molecule has 0 aliphatic heterocycles. The van der Waals surface area contributed by atoms with Gasteiger partial charge in [0, 0.05) is 0 Å². The molecule has 0 aliphatic carbocycles. The Hall–Kier alpha value is -1.78. The zero-order valence-corrected chi connectivity index (χ0v) is 9.76. The molecule has 1 unspecified atom stereocenters. The van der Waals surface area contributed by atoms with E-state index < -0.39 is 6.10 Å². The Bertz CT molecular complexity index is 631. The smallest absolute Gasteiger partial charge is 0.117 e. The van der Waals surface area contributed by atoms with Gasteiger partial charge in [-0.3, -0.25) is 0 Å². The van der Waals surface area contributed by atoms with Crippen LogP contribution in [0.4, 0.5) is 0 Å². The number of aromatic nitrogens is 2. The van der Waals surface area contributed by atoms with Gasteiger partial charge >= 0.3 is 0 Å². The fourth-order valence-electron chi connectivity index (χ4n) is 1.94. The maximum Gasteiger partial charge on any atom is 0.117 e. The van der Waals surface area contributed by atoms with Crippen molar-refractivity contribution in [1.82, 2.24) is 9.59 Å². The molecule has 84 valence electrons. The molecule has 17 heavy (non-hydrogen) atoms. The predicted molar refractivity (Wildman–Crippen MR) is 67.9 cm³/mol. The summed E-state index contributed by atoms with van der Waals surface area (Å²) < 4.78 is 3.78. The summed E-state index contributed by atoms with van der Waals surface area (Å²) in [5, 5.41) is 16.3. The van der Waals surface area contributed by atoms with Crippen molar-refractivity contribution in [3.05, 3.63) is 59.1 Å². The van der Waals surface area contributed by atoms with E-state index in [1.807, 2.05) is 42.5 Å². The van der Waals surface area contributed by atoms with E-state index in [-0.39, 0.29) is 0 Å². The monoisotopic (exact) mass is 242 g/mol. The van der Waals surface area contributed by atoms with Crippen LogP contribution in [0.15, 0.2) is 48.7 Å². The second kappa shape index (κ2) is 4.24. The minimum atomic E-state index is -0.652. The second-order valence-electron chi connectivity index (χ2n) is 3.79. The summed E-state index contributed by atoms with van der Waals surface area (Å²) in [4.78, 5) is 0.765. The summed E-state index contributed by atoms with van der Waals surface area (Å²) >= 11 is 1.22. The Morgan fingerprint density at radius 3 is 2.71 bits per heavy atom. The maximum absolute atomic E-state index is 10.3. The number of benzene rings is 2.